The first kappa shape index (κ1) is 14.7. The molecule has 0 saturated carbocycles. The first-order valence-electron chi connectivity index (χ1n) is 6.45. The van der Waals surface area contributed by atoms with E-state index in [1.54, 1.807) is 0 Å². The Bertz CT molecular complexity index is 245. The quantitative estimate of drug-likeness (QED) is 0.813. The summed E-state index contributed by atoms with van der Waals surface area (Å²) in [5.74, 6) is 0.279. The third kappa shape index (κ3) is 3.83. The average Bonchev–Trinajstić information content (AvgIpc) is 2.39. The molecule has 2 fully saturated rings. The predicted octanol–water partition coefficient (Wildman–Crippen LogP) is 1.19. The highest BCUT2D eigenvalue weighted by Crippen LogP contribution is 2.14. The van der Waals surface area contributed by atoms with Crippen LogP contribution in [0.2, 0.25) is 0 Å². The first-order valence-corrected chi connectivity index (χ1v) is 6.45. The number of nitrogens with zero attached hydrogens (tertiary/aromatic N) is 1. The van der Waals surface area contributed by atoms with Crippen molar-refractivity contribution in [2.24, 2.45) is 0 Å². The zero-order valence-electron chi connectivity index (χ0n) is 10.5. The largest absolute Gasteiger partial charge is 0.375 e. The van der Waals surface area contributed by atoms with Gasteiger partial charge in [0.1, 0.15) is 0 Å². The highest BCUT2D eigenvalue weighted by Gasteiger charge is 2.29. The maximum Gasteiger partial charge on any atom is 0.239 e. The number of hydrogen-bond donors (Lipinski definition) is 1. The van der Waals surface area contributed by atoms with Crippen molar-refractivity contribution in [2.45, 2.75) is 44.8 Å². The van der Waals surface area contributed by atoms with Crippen LogP contribution in [0.3, 0.4) is 0 Å². The minimum Gasteiger partial charge on any atom is -0.375 e. The molecule has 1 amide bonds. The molecule has 0 spiro atoms. The standard InChI is InChI=1S/C12H22N2O2.ClH/c1-2-10-9-14(7-8-16-10)12(15)11-5-3-4-6-13-11;/h10-11,13H,2-9H2,1H3;1H/t10?,11-;/m0./s1. The summed E-state index contributed by atoms with van der Waals surface area (Å²) in [7, 11) is 0. The highest BCUT2D eigenvalue weighted by molar-refractivity contribution is 5.85. The Kier molecular flexibility index (Phi) is 6.23. The van der Waals surface area contributed by atoms with Crippen molar-refractivity contribution >= 4 is 18.3 Å². The SMILES string of the molecule is CCC1CN(C(=O)[C@@H]2CCCCN2)CCO1.Cl. The van der Waals surface area contributed by atoms with Gasteiger partial charge in [0.15, 0.2) is 0 Å². The van der Waals surface area contributed by atoms with Gasteiger partial charge >= 0.3 is 0 Å². The van der Waals surface area contributed by atoms with E-state index in [-0.39, 0.29) is 30.5 Å². The molecule has 0 aromatic carbocycles. The molecule has 1 unspecified atom stereocenters. The molecule has 2 aliphatic rings. The Morgan fingerprint density at radius 3 is 2.94 bits per heavy atom. The topological polar surface area (TPSA) is 41.6 Å². The Balaban J connectivity index is 0.00000144. The van der Waals surface area contributed by atoms with Gasteiger partial charge in [0.25, 0.3) is 0 Å². The fourth-order valence-electron chi connectivity index (χ4n) is 2.45. The monoisotopic (exact) mass is 262 g/mol. The van der Waals surface area contributed by atoms with Crippen LogP contribution in [0.25, 0.3) is 0 Å². The molecule has 0 radical (unpaired) electrons. The molecule has 0 bridgehead atoms. The summed E-state index contributed by atoms with van der Waals surface area (Å²) < 4.78 is 5.58. The van der Waals surface area contributed by atoms with Crippen molar-refractivity contribution < 1.29 is 9.53 Å². The van der Waals surface area contributed by atoms with Crippen LogP contribution in [0.4, 0.5) is 0 Å². The Hall–Kier alpha value is -0.320. The van der Waals surface area contributed by atoms with Crippen molar-refractivity contribution in [3.05, 3.63) is 0 Å². The van der Waals surface area contributed by atoms with E-state index in [2.05, 4.69) is 12.2 Å². The van der Waals surface area contributed by atoms with Crippen LogP contribution >= 0.6 is 12.4 Å². The van der Waals surface area contributed by atoms with Crippen molar-refractivity contribution in [2.75, 3.05) is 26.2 Å². The minimum atomic E-state index is 0. The average molecular weight is 263 g/mol. The number of nitrogens with one attached hydrogen (secondary N) is 1. The number of carbonyl (C=O) groups is 1. The Morgan fingerprint density at radius 1 is 1.47 bits per heavy atom. The molecule has 0 aliphatic carbocycles. The second kappa shape index (κ2) is 7.19. The van der Waals surface area contributed by atoms with Crippen molar-refractivity contribution in [3.8, 4) is 0 Å². The lowest BCUT2D eigenvalue weighted by molar-refractivity contribution is -0.141. The van der Waals surface area contributed by atoms with Crippen molar-refractivity contribution in [3.63, 3.8) is 0 Å². The van der Waals surface area contributed by atoms with Crippen LogP contribution in [-0.4, -0.2) is 49.2 Å². The minimum absolute atomic E-state index is 0. The second-order valence-corrected chi connectivity index (χ2v) is 4.69. The third-order valence-electron chi connectivity index (χ3n) is 3.51. The van der Waals surface area contributed by atoms with Crippen molar-refractivity contribution in [1.29, 1.82) is 0 Å². The first-order chi connectivity index (χ1) is 7.81. The zero-order valence-corrected chi connectivity index (χ0v) is 11.3. The summed E-state index contributed by atoms with van der Waals surface area (Å²) in [6.07, 6.45) is 4.59. The number of ether oxygens (including phenoxy) is 1. The predicted molar refractivity (Wildman–Crippen MR) is 69.5 cm³/mol. The fraction of sp³-hybridized carbons (Fsp3) is 0.917. The van der Waals surface area contributed by atoms with Gasteiger partial charge in [0.05, 0.1) is 18.8 Å². The molecule has 100 valence electrons. The number of halogens is 1. The maximum atomic E-state index is 12.2. The number of morpholine rings is 1. The van der Waals surface area contributed by atoms with Gasteiger partial charge in [-0.3, -0.25) is 4.79 Å². The molecule has 0 aromatic heterocycles. The number of amides is 1. The van der Waals surface area contributed by atoms with Crippen molar-refractivity contribution in [1.82, 2.24) is 10.2 Å². The second-order valence-electron chi connectivity index (χ2n) is 4.69. The molecule has 4 nitrogen and oxygen atoms in total. The van der Waals surface area contributed by atoms with E-state index < -0.39 is 0 Å². The summed E-state index contributed by atoms with van der Waals surface area (Å²) in [5, 5.41) is 3.32. The Morgan fingerprint density at radius 2 is 2.29 bits per heavy atom. The van der Waals surface area contributed by atoms with Crippen LogP contribution in [0.1, 0.15) is 32.6 Å². The van der Waals surface area contributed by atoms with E-state index in [0.29, 0.717) is 6.61 Å². The number of hydrogen-bond acceptors (Lipinski definition) is 3. The summed E-state index contributed by atoms with van der Waals surface area (Å²) in [6.45, 7) is 5.31. The molecule has 2 heterocycles. The normalized spacial score (nSPS) is 29.6. The lowest BCUT2D eigenvalue weighted by Crippen LogP contribution is -2.53. The van der Waals surface area contributed by atoms with Gasteiger partial charge in [0, 0.05) is 13.1 Å². The lowest BCUT2D eigenvalue weighted by Gasteiger charge is -2.35. The van der Waals surface area contributed by atoms with Crippen LogP contribution in [0, 0.1) is 0 Å². The van der Waals surface area contributed by atoms with Gasteiger partial charge in [-0.2, -0.15) is 0 Å². The number of rotatable bonds is 2. The van der Waals surface area contributed by atoms with Crippen LogP contribution < -0.4 is 5.32 Å². The van der Waals surface area contributed by atoms with E-state index >= 15 is 0 Å². The van der Waals surface area contributed by atoms with Gasteiger partial charge < -0.3 is 15.0 Å². The van der Waals surface area contributed by atoms with E-state index in [0.717, 1.165) is 32.5 Å². The molecule has 5 heteroatoms. The highest BCUT2D eigenvalue weighted by atomic mass is 35.5. The third-order valence-corrected chi connectivity index (χ3v) is 3.51. The summed E-state index contributed by atoms with van der Waals surface area (Å²) in [6, 6.07) is 0.0596. The lowest BCUT2D eigenvalue weighted by atomic mass is 10.0. The molecular weight excluding hydrogens is 240 g/mol. The van der Waals surface area contributed by atoms with Gasteiger partial charge in [-0.05, 0) is 25.8 Å². The summed E-state index contributed by atoms with van der Waals surface area (Å²) in [5.41, 5.74) is 0. The summed E-state index contributed by atoms with van der Waals surface area (Å²) in [4.78, 5) is 14.2. The Labute approximate surface area is 109 Å². The molecule has 2 saturated heterocycles. The van der Waals surface area contributed by atoms with Crippen LogP contribution in [-0.2, 0) is 9.53 Å². The van der Waals surface area contributed by atoms with E-state index in [1.807, 2.05) is 4.90 Å². The van der Waals surface area contributed by atoms with Crippen LogP contribution in [0.15, 0.2) is 0 Å². The van der Waals surface area contributed by atoms with E-state index in [9.17, 15) is 4.79 Å². The zero-order chi connectivity index (χ0) is 11.4. The molecule has 2 atom stereocenters. The van der Waals surface area contributed by atoms with Gasteiger partial charge in [0.2, 0.25) is 5.91 Å². The van der Waals surface area contributed by atoms with Gasteiger partial charge in [-0.1, -0.05) is 13.3 Å². The van der Waals surface area contributed by atoms with E-state index in [4.69, 9.17) is 4.74 Å². The van der Waals surface area contributed by atoms with Crippen LogP contribution in [0.5, 0.6) is 0 Å². The fourth-order valence-corrected chi connectivity index (χ4v) is 2.45. The molecule has 1 N–H and O–H groups in total. The molecule has 17 heavy (non-hydrogen) atoms. The van der Waals surface area contributed by atoms with Gasteiger partial charge in [-0.25, -0.2) is 0 Å². The molecule has 2 aliphatic heterocycles. The maximum absolute atomic E-state index is 12.2. The molecule has 0 aromatic rings. The molecule has 2 rings (SSSR count). The number of carbonyl (C=O) groups excluding carboxylic acids is 1. The van der Waals surface area contributed by atoms with E-state index in [1.165, 1.54) is 12.8 Å². The smallest absolute Gasteiger partial charge is 0.239 e. The summed E-state index contributed by atoms with van der Waals surface area (Å²) >= 11 is 0. The number of piperidine rings is 1. The molecular formula is C12H23ClN2O2. The van der Waals surface area contributed by atoms with Gasteiger partial charge in [-0.15, -0.1) is 12.4 Å².